The van der Waals surface area contributed by atoms with Gasteiger partial charge in [-0.2, -0.15) is 0 Å². The third-order valence-electron chi connectivity index (χ3n) is 5.27. The molecule has 2 heterocycles. The molecule has 0 bridgehead atoms. The van der Waals surface area contributed by atoms with Crippen molar-refractivity contribution in [3.05, 3.63) is 12.2 Å². The summed E-state index contributed by atoms with van der Waals surface area (Å²) in [4.78, 5) is 0. The van der Waals surface area contributed by atoms with Crippen molar-refractivity contribution in [3.8, 4) is 0 Å². The molecule has 2 rings (SSSR count). The van der Waals surface area contributed by atoms with Crippen LogP contribution in [0.1, 0.15) is 79.1 Å². The molecule has 4 atom stereocenters. The van der Waals surface area contributed by atoms with Gasteiger partial charge in [0, 0.05) is 13.2 Å². The molecular formula is C22H40O6. The van der Waals surface area contributed by atoms with Crippen LogP contribution >= 0.6 is 0 Å². The van der Waals surface area contributed by atoms with Crippen LogP contribution in [0.25, 0.3) is 0 Å². The van der Waals surface area contributed by atoms with E-state index in [1.807, 2.05) is 27.7 Å². The molecule has 0 radical (unpaired) electrons. The van der Waals surface area contributed by atoms with E-state index < -0.39 is 11.6 Å². The maximum absolute atomic E-state index is 9.07. The normalized spacial score (nSPS) is 31.8. The molecule has 0 unspecified atom stereocenters. The number of ether oxygens (including phenoxy) is 4. The minimum absolute atomic E-state index is 0.0640. The average molecular weight is 401 g/mol. The van der Waals surface area contributed by atoms with Gasteiger partial charge in [-0.3, -0.25) is 0 Å². The van der Waals surface area contributed by atoms with E-state index in [9.17, 15) is 0 Å². The van der Waals surface area contributed by atoms with E-state index in [4.69, 9.17) is 29.2 Å². The second-order valence-corrected chi connectivity index (χ2v) is 8.78. The predicted molar refractivity (Wildman–Crippen MR) is 108 cm³/mol. The Morgan fingerprint density at radius 2 is 0.929 bits per heavy atom. The summed E-state index contributed by atoms with van der Waals surface area (Å²) in [6, 6.07) is 0. The maximum atomic E-state index is 9.07. The SMILES string of the molecule is CC1(C)O[C@H](CC/C=C\CC[C@H]2OC(C)(C)O[C@@H]2CCCO)[C@@H](CCCO)O1. The Balaban J connectivity index is 1.70. The van der Waals surface area contributed by atoms with Gasteiger partial charge in [-0.1, -0.05) is 12.2 Å². The average Bonchev–Trinajstić information content (AvgIpc) is 3.08. The molecule has 28 heavy (non-hydrogen) atoms. The molecule has 6 heteroatoms. The molecule has 2 fully saturated rings. The summed E-state index contributed by atoms with van der Waals surface area (Å²) in [5, 5.41) is 18.1. The highest BCUT2D eigenvalue weighted by Crippen LogP contribution is 2.34. The Morgan fingerprint density at radius 1 is 0.607 bits per heavy atom. The highest BCUT2D eigenvalue weighted by atomic mass is 16.8. The van der Waals surface area contributed by atoms with Crippen molar-refractivity contribution in [2.45, 2.75) is 115 Å². The van der Waals surface area contributed by atoms with Crippen molar-refractivity contribution in [1.82, 2.24) is 0 Å². The van der Waals surface area contributed by atoms with E-state index in [0.717, 1.165) is 51.4 Å². The van der Waals surface area contributed by atoms with Gasteiger partial charge in [-0.15, -0.1) is 0 Å². The molecule has 2 aliphatic rings. The van der Waals surface area contributed by atoms with Gasteiger partial charge in [0.25, 0.3) is 0 Å². The van der Waals surface area contributed by atoms with Gasteiger partial charge in [-0.05, 0) is 79.1 Å². The lowest BCUT2D eigenvalue weighted by molar-refractivity contribution is -0.147. The molecule has 2 aliphatic heterocycles. The first kappa shape index (κ1) is 23.8. The summed E-state index contributed by atoms with van der Waals surface area (Å²) in [5.74, 6) is -1.07. The van der Waals surface area contributed by atoms with Crippen molar-refractivity contribution in [2.24, 2.45) is 0 Å². The molecule has 0 aliphatic carbocycles. The van der Waals surface area contributed by atoms with E-state index in [1.165, 1.54) is 0 Å². The van der Waals surface area contributed by atoms with Gasteiger partial charge in [0.15, 0.2) is 11.6 Å². The number of aliphatic hydroxyl groups is 2. The lowest BCUT2D eigenvalue weighted by Crippen LogP contribution is -2.22. The molecule has 6 nitrogen and oxygen atoms in total. The van der Waals surface area contributed by atoms with Gasteiger partial charge in [0.05, 0.1) is 24.4 Å². The third kappa shape index (κ3) is 7.73. The molecule has 164 valence electrons. The molecule has 0 aromatic rings. The molecule has 2 N–H and O–H groups in total. The second kappa shape index (κ2) is 11.0. The maximum Gasteiger partial charge on any atom is 0.163 e. The summed E-state index contributed by atoms with van der Waals surface area (Å²) >= 11 is 0. The van der Waals surface area contributed by atoms with Crippen LogP contribution in [0, 0.1) is 0 Å². The van der Waals surface area contributed by atoms with E-state index in [-0.39, 0.29) is 37.6 Å². The smallest absolute Gasteiger partial charge is 0.163 e. The van der Waals surface area contributed by atoms with Gasteiger partial charge in [-0.25, -0.2) is 0 Å². The number of rotatable bonds is 12. The molecule has 0 amide bonds. The monoisotopic (exact) mass is 400 g/mol. The Labute approximate surface area is 170 Å². The first-order valence-corrected chi connectivity index (χ1v) is 10.8. The van der Waals surface area contributed by atoms with Crippen LogP contribution in [0.2, 0.25) is 0 Å². The zero-order chi connectivity index (χ0) is 20.6. The second-order valence-electron chi connectivity index (χ2n) is 8.78. The minimum atomic E-state index is -0.537. The van der Waals surface area contributed by atoms with Crippen molar-refractivity contribution >= 4 is 0 Å². The van der Waals surface area contributed by atoms with Crippen LogP contribution in [-0.2, 0) is 18.9 Å². The lowest BCUT2D eigenvalue weighted by Gasteiger charge is -2.16. The molecular weight excluding hydrogens is 360 g/mol. The number of aliphatic hydroxyl groups excluding tert-OH is 2. The Bertz CT molecular complexity index is 434. The summed E-state index contributed by atoms with van der Waals surface area (Å²) in [7, 11) is 0. The highest BCUT2D eigenvalue weighted by molar-refractivity contribution is 4.89. The topological polar surface area (TPSA) is 77.4 Å². The van der Waals surface area contributed by atoms with Gasteiger partial charge in [0.1, 0.15) is 0 Å². The molecule has 0 aromatic heterocycles. The van der Waals surface area contributed by atoms with Crippen LogP contribution in [-0.4, -0.2) is 59.4 Å². The van der Waals surface area contributed by atoms with E-state index >= 15 is 0 Å². The van der Waals surface area contributed by atoms with Crippen molar-refractivity contribution in [3.63, 3.8) is 0 Å². The predicted octanol–water partition coefficient (Wildman–Crippen LogP) is 3.69. The first-order valence-electron chi connectivity index (χ1n) is 10.8. The molecule has 2 saturated heterocycles. The van der Waals surface area contributed by atoms with Crippen LogP contribution < -0.4 is 0 Å². The lowest BCUT2D eigenvalue weighted by atomic mass is 10.0. The fourth-order valence-electron chi connectivity index (χ4n) is 4.14. The first-order chi connectivity index (χ1) is 13.3. The quantitative estimate of drug-likeness (QED) is 0.487. The van der Waals surface area contributed by atoms with E-state index in [0.29, 0.717) is 0 Å². The molecule has 0 spiro atoms. The fraction of sp³-hybridized carbons (Fsp3) is 0.909. The number of hydrogen-bond acceptors (Lipinski definition) is 6. The summed E-state index contributed by atoms with van der Waals surface area (Å²) in [6.07, 6.45) is 11.6. The third-order valence-corrected chi connectivity index (χ3v) is 5.27. The zero-order valence-corrected chi connectivity index (χ0v) is 18.1. The van der Waals surface area contributed by atoms with E-state index in [2.05, 4.69) is 12.2 Å². The van der Waals surface area contributed by atoms with Crippen molar-refractivity contribution in [2.75, 3.05) is 13.2 Å². The highest BCUT2D eigenvalue weighted by Gasteiger charge is 2.41. The Morgan fingerprint density at radius 3 is 1.25 bits per heavy atom. The van der Waals surface area contributed by atoms with Crippen LogP contribution in [0.15, 0.2) is 12.2 Å². The molecule has 0 saturated carbocycles. The summed E-state index contributed by atoms with van der Waals surface area (Å²) in [6.45, 7) is 8.19. The van der Waals surface area contributed by atoms with Crippen LogP contribution in [0.5, 0.6) is 0 Å². The van der Waals surface area contributed by atoms with Gasteiger partial charge < -0.3 is 29.2 Å². The van der Waals surface area contributed by atoms with Gasteiger partial charge in [0.2, 0.25) is 0 Å². The Hall–Kier alpha value is -0.500. The number of hydrogen-bond donors (Lipinski definition) is 2. The zero-order valence-electron chi connectivity index (χ0n) is 18.1. The van der Waals surface area contributed by atoms with E-state index in [1.54, 1.807) is 0 Å². The summed E-state index contributed by atoms with van der Waals surface area (Å²) < 4.78 is 24.0. The van der Waals surface area contributed by atoms with Crippen LogP contribution in [0.4, 0.5) is 0 Å². The van der Waals surface area contributed by atoms with Gasteiger partial charge >= 0.3 is 0 Å². The van der Waals surface area contributed by atoms with Crippen molar-refractivity contribution in [1.29, 1.82) is 0 Å². The Kier molecular flexibility index (Phi) is 9.38. The largest absolute Gasteiger partial charge is 0.396 e. The molecule has 0 aromatic carbocycles. The standard InChI is InChI=1S/C22H40O6/c1-21(2)25-17(19(27-21)13-9-15-23)11-7-5-6-8-12-18-20(14-10-16-24)28-22(3,4)26-18/h5-6,17-20,23-24H,7-16H2,1-4H3/b6-5-/t17-,18-,19-,20-/m1/s1. The summed E-state index contributed by atoms with van der Waals surface area (Å²) in [5.41, 5.74) is 0. The van der Waals surface area contributed by atoms with Crippen LogP contribution in [0.3, 0.4) is 0 Å². The fourth-order valence-corrected chi connectivity index (χ4v) is 4.14. The van der Waals surface area contributed by atoms with Crippen molar-refractivity contribution < 1.29 is 29.2 Å². The number of allylic oxidation sites excluding steroid dienone is 2. The minimum Gasteiger partial charge on any atom is -0.396 e.